The summed E-state index contributed by atoms with van der Waals surface area (Å²) < 4.78 is 15.2. The summed E-state index contributed by atoms with van der Waals surface area (Å²) in [6.45, 7) is 2.89. The first kappa shape index (κ1) is 16.1. The third-order valence-corrected chi connectivity index (χ3v) is 4.52. The molecule has 0 aliphatic carbocycles. The summed E-state index contributed by atoms with van der Waals surface area (Å²) in [5.74, 6) is 0.425. The Morgan fingerprint density at radius 3 is 2.92 bits per heavy atom. The van der Waals surface area contributed by atoms with E-state index in [1.165, 1.54) is 18.5 Å². The minimum Gasteiger partial charge on any atom is -0.363 e. The van der Waals surface area contributed by atoms with E-state index in [9.17, 15) is 4.39 Å². The van der Waals surface area contributed by atoms with E-state index in [-0.39, 0.29) is 12.0 Å². The highest BCUT2D eigenvalue weighted by atomic mass is 19.1. The van der Waals surface area contributed by atoms with E-state index >= 15 is 0 Å². The van der Waals surface area contributed by atoms with Gasteiger partial charge in [-0.1, -0.05) is 6.07 Å². The molecule has 2 aromatic carbocycles. The maximum atomic E-state index is 13.6. The zero-order valence-electron chi connectivity index (χ0n) is 14.2. The topological polar surface area (TPSA) is 69.8 Å². The van der Waals surface area contributed by atoms with Crippen molar-refractivity contribution in [2.45, 2.75) is 19.5 Å². The molecular weight excluding hydrogens is 331 g/mol. The molecule has 0 saturated carbocycles. The van der Waals surface area contributed by atoms with Crippen LogP contribution in [0.3, 0.4) is 0 Å². The third kappa shape index (κ3) is 2.75. The fourth-order valence-corrected chi connectivity index (χ4v) is 3.35. The molecule has 1 atom stereocenters. The molecule has 3 aromatic rings. The predicted octanol–water partition coefficient (Wildman–Crippen LogP) is 3.10. The molecule has 0 amide bonds. The lowest BCUT2D eigenvalue weighted by atomic mass is 10.2. The van der Waals surface area contributed by atoms with Crippen molar-refractivity contribution < 1.29 is 4.39 Å². The van der Waals surface area contributed by atoms with Crippen molar-refractivity contribution in [3.8, 4) is 11.8 Å². The summed E-state index contributed by atoms with van der Waals surface area (Å²) in [7, 11) is 0. The quantitative estimate of drug-likeness (QED) is 0.784. The van der Waals surface area contributed by atoms with Crippen LogP contribution in [0.4, 0.5) is 15.8 Å². The van der Waals surface area contributed by atoms with Gasteiger partial charge in [-0.2, -0.15) is 10.4 Å². The van der Waals surface area contributed by atoms with Crippen LogP contribution in [0.15, 0.2) is 48.8 Å². The van der Waals surface area contributed by atoms with E-state index in [4.69, 9.17) is 5.26 Å². The number of benzene rings is 2. The summed E-state index contributed by atoms with van der Waals surface area (Å²) >= 11 is 0. The first-order valence-corrected chi connectivity index (χ1v) is 8.41. The van der Waals surface area contributed by atoms with Crippen molar-refractivity contribution in [2.75, 3.05) is 16.8 Å². The van der Waals surface area contributed by atoms with Gasteiger partial charge in [-0.3, -0.25) is 0 Å². The average molecular weight is 348 g/mol. The average Bonchev–Trinajstić information content (AvgIpc) is 3.25. The second kappa shape index (κ2) is 6.48. The lowest BCUT2D eigenvalue weighted by Crippen LogP contribution is -2.38. The SMILES string of the molecule is CCN1c2ccc(C#N)cc2NC1Cc1ncnn1-c1cccc(F)c1. The van der Waals surface area contributed by atoms with Gasteiger partial charge in [0.05, 0.1) is 28.7 Å². The fraction of sp³-hybridized carbons (Fsp3) is 0.211. The fourth-order valence-electron chi connectivity index (χ4n) is 3.35. The number of fused-ring (bicyclic) bond motifs is 1. The van der Waals surface area contributed by atoms with Crippen molar-refractivity contribution in [1.29, 1.82) is 5.26 Å². The van der Waals surface area contributed by atoms with Gasteiger partial charge in [-0.25, -0.2) is 14.1 Å². The van der Waals surface area contributed by atoms with Crippen LogP contribution in [0.5, 0.6) is 0 Å². The Morgan fingerprint density at radius 1 is 1.27 bits per heavy atom. The van der Waals surface area contributed by atoms with Crippen LogP contribution in [-0.2, 0) is 6.42 Å². The number of halogens is 1. The lowest BCUT2D eigenvalue weighted by Gasteiger charge is -2.25. The molecule has 7 heteroatoms. The molecule has 0 bridgehead atoms. The third-order valence-electron chi connectivity index (χ3n) is 4.52. The Labute approximate surface area is 150 Å². The van der Waals surface area contributed by atoms with E-state index in [2.05, 4.69) is 33.3 Å². The highest BCUT2D eigenvalue weighted by molar-refractivity contribution is 5.77. The van der Waals surface area contributed by atoms with E-state index in [0.717, 1.165) is 23.7 Å². The monoisotopic (exact) mass is 348 g/mol. The molecule has 0 spiro atoms. The summed E-state index contributed by atoms with van der Waals surface area (Å²) in [6, 6.07) is 14.1. The Balaban J connectivity index is 1.63. The Kier molecular flexibility index (Phi) is 4.01. The smallest absolute Gasteiger partial charge is 0.138 e. The molecule has 26 heavy (non-hydrogen) atoms. The van der Waals surface area contributed by atoms with Crippen LogP contribution >= 0.6 is 0 Å². The number of nitrogens with one attached hydrogen (secondary N) is 1. The van der Waals surface area contributed by atoms with Gasteiger partial charge in [0, 0.05) is 13.0 Å². The highest BCUT2D eigenvalue weighted by Gasteiger charge is 2.29. The molecule has 2 heterocycles. The molecular formula is C19H17FN6. The number of aromatic nitrogens is 3. The zero-order valence-corrected chi connectivity index (χ0v) is 14.2. The maximum Gasteiger partial charge on any atom is 0.138 e. The molecule has 1 N–H and O–H groups in total. The van der Waals surface area contributed by atoms with Crippen molar-refractivity contribution in [3.05, 3.63) is 66.0 Å². The zero-order chi connectivity index (χ0) is 18.1. The maximum absolute atomic E-state index is 13.6. The molecule has 0 radical (unpaired) electrons. The van der Waals surface area contributed by atoms with Crippen LogP contribution in [0.2, 0.25) is 0 Å². The molecule has 6 nitrogen and oxygen atoms in total. The first-order chi connectivity index (χ1) is 12.7. The van der Waals surface area contributed by atoms with Crippen molar-refractivity contribution in [2.24, 2.45) is 0 Å². The molecule has 130 valence electrons. The lowest BCUT2D eigenvalue weighted by molar-refractivity contribution is 0.620. The highest BCUT2D eigenvalue weighted by Crippen LogP contribution is 2.36. The van der Waals surface area contributed by atoms with Crippen LogP contribution in [-0.4, -0.2) is 27.5 Å². The number of hydrogen-bond acceptors (Lipinski definition) is 5. The van der Waals surface area contributed by atoms with Gasteiger partial charge in [0.25, 0.3) is 0 Å². The molecule has 0 fully saturated rings. The van der Waals surface area contributed by atoms with Crippen LogP contribution in [0.25, 0.3) is 5.69 Å². The van der Waals surface area contributed by atoms with Gasteiger partial charge in [0.15, 0.2) is 0 Å². The molecule has 1 unspecified atom stereocenters. The van der Waals surface area contributed by atoms with Crippen molar-refractivity contribution >= 4 is 11.4 Å². The van der Waals surface area contributed by atoms with Crippen LogP contribution in [0.1, 0.15) is 18.3 Å². The molecule has 1 aliphatic heterocycles. The first-order valence-electron chi connectivity index (χ1n) is 8.41. The van der Waals surface area contributed by atoms with Crippen LogP contribution in [0, 0.1) is 17.1 Å². The molecule has 0 saturated heterocycles. The normalized spacial score (nSPS) is 15.4. The van der Waals surface area contributed by atoms with Crippen LogP contribution < -0.4 is 10.2 Å². The van der Waals surface area contributed by atoms with E-state index in [1.807, 2.05) is 18.2 Å². The van der Waals surface area contributed by atoms with Gasteiger partial charge in [-0.15, -0.1) is 0 Å². The summed E-state index contributed by atoms with van der Waals surface area (Å²) in [5, 5.41) is 16.8. The van der Waals surface area contributed by atoms with Gasteiger partial charge >= 0.3 is 0 Å². The van der Waals surface area contributed by atoms with Gasteiger partial charge in [0.1, 0.15) is 24.1 Å². The predicted molar refractivity (Wildman–Crippen MR) is 96.6 cm³/mol. The molecule has 1 aromatic heterocycles. The summed E-state index contributed by atoms with van der Waals surface area (Å²) in [6.07, 6.45) is 2.05. The van der Waals surface area contributed by atoms with Gasteiger partial charge in [0.2, 0.25) is 0 Å². The summed E-state index contributed by atoms with van der Waals surface area (Å²) in [4.78, 5) is 6.58. The van der Waals surface area contributed by atoms with E-state index in [0.29, 0.717) is 17.7 Å². The standard InChI is InChI=1S/C19H17FN6/c1-2-25-17-7-6-13(11-21)8-16(17)24-19(25)10-18-22-12-23-26(18)15-5-3-4-14(20)9-15/h3-9,12,19,24H,2,10H2,1H3. The van der Waals surface area contributed by atoms with Gasteiger partial charge < -0.3 is 10.2 Å². The Bertz CT molecular complexity index is 990. The minimum atomic E-state index is -0.311. The number of likely N-dealkylation sites (N-methyl/N-ethyl adjacent to an activating group) is 1. The van der Waals surface area contributed by atoms with Crippen molar-refractivity contribution in [1.82, 2.24) is 14.8 Å². The minimum absolute atomic E-state index is 0.0135. The Morgan fingerprint density at radius 2 is 2.15 bits per heavy atom. The molecule has 1 aliphatic rings. The number of hydrogen-bond donors (Lipinski definition) is 1. The largest absolute Gasteiger partial charge is 0.363 e. The number of nitrogens with zero attached hydrogens (tertiary/aromatic N) is 5. The second-order valence-corrected chi connectivity index (χ2v) is 6.06. The van der Waals surface area contributed by atoms with Gasteiger partial charge in [-0.05, 0) is 43.3 Å². The number of nitriles is 1. The van der Waals surface area contributed by atoms with E-state index < -0.39 is 0 Å². The Hall–Kier alpha value is -3.40. The number of rotatable bonds is 4. The second-order valence-electron chi connectivity index (χ2n) is 6.06. The summed E-state index contributed by atoms with van der Waals surface area (Å²) in [5.41, 5.74) is 3.26. The molecule has 4 rings (SSSR count). The van der Waals surface area contributed by atoms with Crippen molar-refractivity contribution in [3.63, 3.8) is 0 Å². The number of anilines is 2. The van der Waals surface area contributed by atoms with E-state index in [1.54, 1.807) is 16.8 Å².